The number of nitrogens with zero attached hydrogens (tertiary/aromatic N) is 2. The van der Waals surface area contributed by atoms with Gasteiger partial charge >= 0.3 is 0 Å². The van der Waals surface area contributed by atoms with Gasteiger partial charge in [-0.05, 0) is 18.6 Å². The average molecular weight is 279 g/mol. The van der Waals surface area contributed by atoms with Gasteiger partial charge in [-0.15, -0.1) is 0 Å². The maximum atomic E-state index is 12.2. The molecule has 0 saturated carbocycles. The third-order valence-corrected chi connectivity index (χ3v) is 3.40. The molecule has 1 aromatic carbocycles. The average Bonchev–Trinajstić information content (AvgIpc) is 2.68. The van der Waals surface area contributed by atoms with Crippen LogP contribution in [0.3, 0.4) is 0 Å². The lowest BCUT2D eigenvalue weighted by Gasteiger charge is -2.06. The summed E-state index contributed by atoms with van der Waals surface area (Å²) in [5.74, 6) is 0.410. The van der Waals surface area contributed by atoms with Crippen LogP contribution in [0.15, 0.2) is 35.1 Å². The van der Waals surface area contributed by atoms with E-state index in [1.165, 1.54) is 0 Å². The second kappa shape index (κ2) is 4.22. The Morgan fingerprint density at radius 1 is 1.44 bits per heavy atom. The smallest absolute Gasteiger partial charge is 0.228 e. The second-order valence-corrected chi connectivity index (χ2v) is 4.46. The van der Waals surface area contributed by atoms with Crippen LogP contribution in [0, 0.1) is 6.92 Å². The number of hydrogen-bond donors (Lipinski definition) is 0. The van der Waals surface area contributed by atoms with Crippen molar-refractivity contribution >= 4 is 21.7 Å². The first-order valence-corrected chi connectivity index (χ1v) is 5.67. The molecule has 0 radical (unpaired) electrons. The summed E-state index contributed by atoms with van der Waals surface area (Å²) in [7, 11) is 1.81. The van der Waals surface area contributed by atoms with Crippen LogP contribution in [0.1, 0.15) is 21.7 Å². The summed E-state index contributed by atoms with van der Waals surface area (Å²) < 4.78 is 2.66. The van der Waals surface area contributed by atoms with Crippen molar-refractivity contribution < 1.29 is 4.79 Å². The van der Waals surface area contributed by atoms with Gasteiger partial charge in [-0.1, -0.05) is 28.1 Å². The van der Waals surface area contributed by atoms with E-state index < -0.39 is 0 Å². The molecule has 4 heteroatoms. The molecule has 1 aromatic heterocycles. The zero-order valence-corrected chi connectivity index (χ0v) is 10.7. The first kappa shape index (κ1) is 11.1. The number of aryl methyl sites for hydroxylation is 1. The van der Waals surface area contributed by atoms with Crippen LogP contribution in [0.5, 0.6) is 0 Å². The van der Waals surface area contributed by atoms with Gasteiger partial charge in [0.2, 0.25) is 5.78 Å². The van der Waals surface area contributed by atoms with Crippen molar-refractivity contribution in [3.63, 3.8) is 0 Å². The van der Waals surface area contributed by atoms with Crippen LogP contribution < -0.4 is 0 Å². The van der Waals surface area contributed by atoms with E-state index >= 15 is 0 Å². The largest absolute Gasteiger partial charge is 0.331 e. The Morgan fingerprint density at radius 3 is 2.81 bits per heavy atom. The Balaban J connectivity index is 2.50. The van der Waals surface area contributed by atoms with Crippen molar-refractivity contribution in [3.8, 4) is 0 Å². The molecule has 0 saturated heterocycles. The maximum Gasteiger partial charge on any atom is 0.228 e. The summed E-state index contributed by atoms with van der Waals surface area (Å²) in [4.78, 5) is 16.3. The molecule has 2 aromatic rings. The van der Waals surface area contributed by atoms with Gasteiger partial charge in [0, 0.05) is 29.5 Å². The summed E-state index contributed by atoms with van der Waals surface area (Å²) >= 11 is 3.42. The fourth-order valence-electron chi connectivity index (χ4n) is 1.56. The highest BCUT2D eigenvalue weighted by atomic mass is 79.9. The molecule has 3 nitrogen and oxygen atoms in total. The van der Waals surface area contributed by atoms with E-state index in [0.717, 1.165) is 10.0 Å². The summed E-state index contributed by atoms with van der Waals surface area (Å²) in [5, 5.41) is 0. The van der Waals surface area contributed by atoms with E-state index in [1.54, 1.807) is 17.0 Å². The number of carbonyl (C=O) groups is 1. The van der Waals surface area contributed by atoms with Gasteiger partial charge in [-0.3, -0.25) is 4.79 Å². The molecular weight excluding hydrogens is 268 g/mol. The third-order valence-electron chi connectivity index (χ3n) is 2.54. The van der Waals surface area contributed by atoms with E-state index in [2.05, 4.69) is 20.9 Å². The normalized spacial score (nSPS) is 10.4. The van der Waals surface area contributed by atoms with Crippen molar-refractivity contribution in [2.45, 2.75) is 6.92 Å². The van der Waals surface area contributed by atoms with Crippen molar-refractivity contribution in [2.75, 3.05) is 0 Å². The fraction of sp³-hybridized carbons (Fsp3) is 0.167. The Labute approximate surface area is 102 Å². The van der Waals surface area contributed by atoms with Gasteiger partial charge in [-0.2, -0.15) is 0 Å². The van der Waals surface area contributed by atoms with Crippen LogP contribution in [0.4, 0.5) is 0 Å². The van der Waals surface area contributed by atoms with Gasteiger partial charge in [0.05, 0.1) is 0 Å². The summed E-state index contributed by atoms with van der Waals surface area (Å²) in [6, 6.07) is 5.59. The monoisotopic (exact) mass is 278 g/mol. The minimum atomic E-state index is -0.0497. The molecule has 0 N–H and O–H groups in total. The van der Waals surface area contributed by atoms with E-state index in [0.29, 0.717) is 11.4 Å². The number of hydrogen-bond acceptors (Lipinski definition) is 2. The summed E-state index contributed by atoms with van der Waals surface area (Å²) in [6.07, 6.45) is 3.39. The molecular formula is C12H11BrN2O. The molecule has 0 fully saturated rings. The topological polar surface area (TPSA) is 34.9 Å². The van der Waals surface area contributed by atoms with Gasteiger partial charge in [0.1, 0.15) is 0 Å². The third kappa shape index (κ3) is 1.80. The van der Waals surface area contributed by atoms with E-state index in [1.807, 2.05) is 32.2 Å². The molecule has 0 amide bonds. The van der Waals surface area contributed by atoms with Crippen LogP contribution in [0.25, 0.3) is 0 Å². The first-order valence-electron chi connectivity index (χ1n) is 4.88. The summed E-state index contributed by atoms with van der Waals surface area (Å²) in [5.41, 5.74) is 1.62. The van der Waals surface area contributed by atoms with E-state index in [4.69, 9.17) is 0 Å². The van der Waals surface area contributed by atoms with Crippen molar-refractivity contribution in [2.24, 2.45) is 7.05 Å². The molecule has 0 aliphatic carbocycles. The number of rotatable bonds is 2. The molecule has 82 valence electrons. The predicted molar refractivity (Wildman–Crippen MR) is 65.5 cm³/mol. The zero-order chi connectivity index (χ0) is 11.7. The van der Waals surface area contributed by atoms with Crippen molar-refractivity contribution in [1.82, 2.24) is 9.55 Å². The quantitative estimate of drug-likeness (QED) is 0.792. The van der Waals surface area contributed by atoms with Gasteiger partial charge in [-0.25, -0.2) is 4.98 Å². The molecule has 16 heavy (non-hydrogen) atoms. The molecule has 1 heterocycles. The van der Waals surface area contributed by atoms with E-state index in [-0.39, 0.29) is 5.78 Å². The molecule has 0 unspecified atom stereocenters. The van der Waals surface area contributed by atoms with Crippen LogP contribution in [-0.4, -0.2) is 15.3 Å². The zero-order valence-electron chi connectivity index (χ0n) is 9.07. The number of ketones is 1. The molecule has 0 aliphatic heterocycles. The lowest BCUT2D eigenvalue weighted by Crippen LogP contribution is -2.10. The minimum Gasteiger partial charge on any atom is -0.331 e. The van der Waals surface area contributed by atoms with Crippen LogP contribution >= 0.6 is 15.9 Å². The first-order chi connectivity index (χ1) is 7.61. The fourth-order valence-corrected chi connectivity index (χ4v) is 1.92. The maximum absolute atomic E-state index is 12.2. The van der Waals surface area contributed by atoms with Crippen LogP contribution in [-0.2, 0) is 7.05 Å². The van der Waals surface area contributed by atoms with Gasteiger partial charge < -0.3 is 4.57 Å². The number of halogens is 1. The number of benzene rings is 1. The number of aromatic nitrogens is 2. The Kier molecular flexibility index (Phi) is 2.92. The molecule has 0 atom stereocenters. The highest BCUT2D eigenvalue weighted by Gasteiger charge is 2.16. The SMILES string of the molecule is Cc1c(Br)cccc1C(=O)c1nccn1C. The van der Waals surface area contributed by atoms with Gasteiger partial charge in [0.25, 0.3) is 0 Å². The van der Waals surface area contributed by atoms with E-state index in [9.17, 15) is 4.79 Å². The predicted octanol–water partition coefficient (Wildman–Crippen LogP) is 2.72. The van der Waals surface area contributed by atoms with Crippen molar-refractivity contribution in [3.05, 3.63) is 52.0 Å². The molecule has 0 spiro atoms. The lowest BCUT2D eigenvalue weighted by molar-refractivity contribution is 0.102. The minimum absolute atomic E-state index is 0.0497. The summed E-state index contributed by atoms with van der Waals surface area (Å²) in [6.45, 7) is 1.92. The Morgan fingerprint density at radius 2 is 2.19 bits per heavy atom. The second-order valence-electron chi connectivity index (χ2n) is 3.60. The highest BCUT2D eigenvalue weighted by Crippen LogP contribution is 2.21. The Bertz CT molecular complexity index is 546. The number of carbonyl (C=O) groups excluding carboxylic acids is 1. The lowest BCUT2D eigenvalue weighted by atomic mass is 10.0. The standard InChI is InChI=1S/C12H11BrN2O/c1-8-9(4-3-5-10(8)13)11(16)12-14-6-7-15(12)2/h3-7H,1-2H3. The van der Waals surface area contributed by atoms with Crippen LogP contribution in [0.2, 0.25) is 0 Å². The van der Waals surface area contributed by atoms with Crippen molar-refractivity contribution in [1.29, 1.82) is 0 Å². The van der Waals surface area contributed by atoms with Gasteiger partial charge in [0.15, 0.2) is 5.82 Å². The highest BCUT2D eigenvalue weighted by molar-refractivity contribution is 9.10. The molecule has 2 rings (SSSR count). The number of imidazole rings is 1. The Hall–Kier alpha value is -1.42. The molecule has 0 bridgehead atoms. The molecule has 0 aliphatic rings.